The maximum Gasteiger partial charge on any atom is 0.287 e. The van der Waals surface area contributed by atoms with Crippen LogP contribution in [0.1, 0.15) is 16.1 Å². The minimum atomic E-state index is -0.440. The standard InChI is InChI=1S/C12H14ClN5OS/c13-10-3-1-9(2-4-10)8-20-6-5-18-7-11(16-17-18)12(19)15-14/h1-4,7H,5-6,8,14H2,(H,15,19). The van der Waals surface area contributed by atoms with Crippen molar-refractivity contribution in [2.24, 2.45) is 5.84 Å². The number of benzene rings is 1. The highest BCUT2D eigenvalue weighted by atomic mass is 35.5. The Morgan fingerprint density at radius 2 is 2.15 bits per heavy atom. The molecule has 0 bridgehead atoms. The molecule has 0 atom stereocenters. The summed E-state index contributed by atoms with van der Waals surface area (Å²) in [6, 6.07) is 7.78. The quantitative estimate of drug-likeness (QED) is 0.365. The fraction of sp³-hybridized carbons (Fsp3) is 0.250. The maximum atomic E-state index is 11.2. The fourth-order valence-corrected chi connectivity index (χ4v) is 2.53. The number of aryl methyl sites for hydroxylation is 1. The molecular weight excluding hydrogens is 298 g/mol. The van der Waals surface area contributed by atoms with Crippen LogP contribution in [0.3, 0.4) is 0 Å². The molecule has 8 heteroatoms. The van der Waals surface area contributed by atoms with Crippen LogP contribution in [0.25, 0.3) is 0 Å². The number of nitrogen functional groups attached to an aromatic ring is 1. The lowest BCUT2D eigenvalue weighted by molar-refractivity contribution is 0.0948. The van der Waals surface area contributed by atoms with E-state index in [4.69, 9.17) is 17.4 Å². The van der Waals surface area contributed by atoms with Gasteiger partial charge in [-0.25, -0.2) is 5.84 Å². The zero-order valence-corrected chi connectivity index (χ0v) is 12.2. The van der Waals surface area contributed by atoms with Crippen molar-refractivity contribution in [2.75, 3.05) is 5.75 Å². The van der Waals surface area contributed by atoms with E-state index in [1.165, 1.54) is 5.56 Å². The van der Waals surface area contributed by atoms with Crippen molar-refractivity contribution >= 4 is 29.3 Å². The minimum Gasteiger partial charge on any atom is -0.289 e. The molecule has 1 heterocycles. The van der Waals surface area contributed by atoms with Gasteiger partial charge in [0, 0.05) is 16.5 Å². The van der Waals surface area contributed by atoms with Crippen LogP contribution >= 0.6 is 23.4 Å². The van der Waals surface area contributed by atoms with Gasteiger partial charge in [0.15, 0.2) is 5.69 Å². The Bertz CT molecular complexity index is 571. The molecular formula is C12H14ClN5OS. The molecule has 0 spiro atoms. The third-order valence-electron chi connectivity index (χ3n) is 2.55. The summed E-state index contributed by atoms with van der Waals surface area (Å²) in [5.74, 6) is 6.36. The van der Waals surface area contributed by atoms with Gasteiger partial charge in [-0.1, -0.05) is 28.9 Å². The Labute approximate surface area is 125 Å². The van der Waals surface area contributed by atoms with Gasteiger partial charge < -0.3 is 0 Å². The fourth-order valence-electron chi connectivity index (χ4n) is 1.51. The second-order valence-corrected chi connectivity index (χ2v) is 5.56. The summed E-state index contributed by atoms with van der Waals surface area (Å²) in [6.45, 7) is 0.684. The molecule has 0 saturated heterocycles. The molecule has 0 aliphatic heterocycles. The van der Waals surface area contributed by atoms with E-state index in [-0.39, 0.29) is 5.69 Å². The van der Waals surface area contributed by atoms with Crippen LogP contribution < -0.4 is 11.3 Å². The lowest BCUT2D eigenvalue weighted by Crippen LogP contribution is -2.30. The second kappa shape index (κ2) is 7.28. The van der Waals surface area contributed by atoms with Gasteiger partial charge in [0.05, 0.1) is 12.7 Å². The summed E-state index contributed by atoms with van der Waals surface area (Å²) >= 11 is 7.60. The number of nitrogens with two attached hydrogens (primary N) is 1. The molecule has 20 heavy (non-hydrogen) atoms. The topological polar surface area (TPSA) is 85.8 Å². The number of halogens is 1. The van der Waals surface area contributed by atoms with E-state index in [0.717, 1.165) is 16.5 Å². The number of amides is 1. The van der Waals surface area contributed by atoms with E-state index < -0.39 is 5.91 Å². The lowest BCUT2D eigenvalue weighted by Gasteiger charge is -2.02. The molecule has 6 nitrogen and oxygen atoms in total. The monoisotopic (exact) mass is 311 g/mol. The molecule has 1 amide bonds. The molecule has 0 unspecified atom stereocenters. The maximum absolute atomic E-state index is 11.2. The highest BCUT2D eigenvalue weighted by Gasteiger charge is 2.08. The highest BCUT2D eigenvalue weighted by Crippen LogP contribution is 2.15. The van der Waals surface area contributed by atoms with E-state index in [1.54, 1.807) is 22.6 Å². The summed E-state index contributed by atoms with van der Waals surface area (Å²) in [5, 5.41) is 8.33. The number of carbonyl (C=O) groups excluding carboxylic acids is 1. The van der Waals surface area contributed by atoms with Gasteiger partial charge in [-0.05, 0) is 17.7 Å². The van der Waals surface area contributed by atoms with Gasteiger partial charge in [0.1, 0.15) is 0 Å². The number of nitrogens with zero attached hydrogens (tertiary/aromatic N) is 3. The predicted molar refractivity (Wildman–Crippen MR) is 79.3 cm³/mol. The average Bonchev–Trinajstić information content (AvgIpc) is 2.93. The molecule has 1 aromatic heterocycles. The van der Waals surface area contributed by atoms with Gasteiger partial charge in [-0.15, -0.1) is 5.10 Å². The Balaban J connectivity index is 1.74. The van der Waals surface area contributed by atoms with E-state index in [1.807, 2.05) is 29.7 Å². The summed E-state index contributed by atoms with van der Waals surface area (Å²) in [7, 11) is 0. The first-order chi connectivity index (χ1) is 9.69. The summed E-state index contributed by atoms with van der Waals surface area (Å²) in [4.78, 5) is 11.2. The number of hydrogen-bond donors (Lipinski definition) is 2. The zero-order chi connectivity index (χ0) is 14.4. The Morgan fingerprint density at radius 1 is 1.40 bits per heavy atom. The van der Waals surface area contributed by atoms with Crippen LogP contribution in [0.5, 0.6) is 0 Å². The molecule has 0 aliphatic rings. The molecule has 2 aromatic rings. The number of rotatable bonds is 6. The lowest BCUT2D eigenvalue weighted by atomic mass is 10.2. The molecule has 0 fully saturated rings. The number of carbonyl (C=O) groups is 1. The van der Waals surface area contributed by atoms with Gasteiger partial charge in [-0.3, -0.25) is 14.9 Å². The van der Waals surface area contributed by atoms with Crippen LogP contribution in [0.4, 0.5) is 0 Å². The summed E-state index contributed by atoms with van der Waals surface area (Å²) < 4.78 is 1.62. The molecule has 106 valence electrons. The third-order valence-corrected chi connectivity index (χ3v) is 3.81. The SMILES string of the molecule is NNC(=O)c1cn(CCSCc2ccc(Cl)cc2)nn1. The Kier molecular flexibility index (Phi) is 5.40. The number of hydrogen-bond acceptors (Lipinski definition) is 5. The third kappa shape index (κ3) is 4.22. The molecule has 2 rings (SSSR count). The summed E-state index contributed by atoms with van der Waals surface area (Å²) in [5.41, 5.74) is 3.46. The van der Waals surface area contributed by atoms with Crippen molar-refractivity contribution in [3.8, 4) is 0 Å². The van der Waals surface area contributed by atoms with Crippen LogP contribution in [0.2, 0.25) is 5.02 Å². The van der Waals surface area contributed by atoms with Crippen molar-refractivity contribution < 1.29 is 4.79 Å². The normalized spacial score (nSPS) is 10.5. The Morgan fingerprint density at radius 3 is 2.85 bits per heavy atom. The summed E-state index contributed by atoms with van der Waals surface area (Å²) in [6.07, 6.45) is 1.57. The molecule has 1 aromatic carbocycles. The Hall–Kier alpha value is -1.57. The zero-order valence-electron chi connectivity index (χ0n) is 10.6. The van der Waals surface area contributed by atoms with Crippen LogP contribution in [-0.4, -0.2) is 26.7 Å². The van der Waals surface area contributed by atoms with E-state index in [0.29, 0.717) is 6.54 Å². The van der Waals surface area contributed by atoms with E-state index in [9.17, 15) is 4.79 Å². The first-order valence-corrected chi connectivity index (χ1v) is 7.45. The predicted octanol–water partition coefficient (Wildman–Crippen LogP) is 1.47. The van der Waals surface area contributed by atoms with Crippen molar-refractivity contribution in [3.05, 3.63) is 46.7 Å². The van der Waals surface area contributed by atoms with E-state index >= 15 is 0 Å². The molecule has 0 aliphatic carbocycles. The molecule has 0 radical (unpaired) electrons. The van der Waals surface area contributed by atoms with Gasteiger partial charge in [0.2, 0.25) is 0 Å². The van der Waals surface area contributed by atoms with Crippen LogP contribution in [0.15, 0.2) is 30.5 Å². The largest absolute Gasteiger partial charge is 0.289 e. The van der Waals surface area contributed by atoms with Crippen molar-refractivity contribution in [1.29, 1.82) is 0 Å². The first-order valence-electron chi connectivity index (χ1n) is 5.92. The second-order valence-electron chi connectivity index (χ2n) is 4.02. The van der Waals surface area contributed by atoms with Crippen molar-refractivity contribution in [3.63, 3.8) is 0 Å². The van der Waals surface area contributed by atoms with Crippen LogP contribution in [-0.2, 0) is 12.3 Å². The van der Waals surface area contributed by atoms with Gasteiger partial charge in [0.25, 0.3) is 5.91 Å². The number of thioether (sulfide) groups is 1. The van der Waals surface area contributed by atoms with E-state index in [2.05, 4.69) is 10.3 Å². The first kappa shape index (κ1) is 14.8. The highest BCUT2D eigenvalue weighted by molar-refractivity contribution is 7.98. The minimum absolute atomic E-state index is 0.218. The number of hydrazine groups is 1. The number of aromatic nitrogens is 3. The molecule has 0 saturated carbocycles. The van der Waals surface area contributed by atoms with Crippen molar-refractivity contribution in [2.45, 2.75) is 12.3 Å². The van der Waals surface area contributed by atoms with Gasteiger partial charge in [-0.2, -0.15) is 11.8 Å². The molecule has 3 N–H and O–H groups in total. The smallest absolute Gasteiger partial charge is 0.287 e. The average molecular weight is 312 g/mol. The van der Waals surface area contributed by atoms with Gasteiger partial charge >= 0.3 is 0 Å². The van der Waals surface area contributed by atoms with Crippen molar-refractivity contribution in [1.82, 2.24) is 20.4 Å². The number of nitrogens with one attached hydrogen (secondary N) is 1. The van der Waals surface area contributed by atoms with Crippen LogP contribution in [0, 0.1) is 0 Å².